The average molecular weight is 159 g/mol. The molecule has 0 aliphatic carbocycles. The SMILES string of the molecule is NCC=CC=Cc1ccccc1. The Morgan fingerprint density at radius 3 is 2.50 bits per heavy atom. The highest BCUT2D eigenvalue weighted by molar-refractivity contribution is 5.50. The molecule has 0 saturated carbocycles. The lowest BCUT2D eigenvalue weighted by Crippen LogP contribution is -1.91. The Balaban J connectivity index is 2.52. The lowest BCUT2D eigenvalue weighted by molar-refractivity contribution is 1.25. The van der Waals surface area contributed by atoms with Crippen molar-refractivity contribution in [2.24, 2.45) is 5.73 Å². The molecule has 0 amide bonds. The Bertz CT molecular complexity index is 260. The number of nitrogens with two attached hydrogens (primary N) is 1. The summed E-state index contributed by atoms with van der Waals surface area (Å²) < 4.78 is 0. The van der Waals surface area contributed by atoms with Gasteiger partial charge in [0.15, 0.2) is 0 Å². The van der Waals surface area contributed by atoms with Crippen molar-refractivity contribution in [1.29, 1.82) is 0 Å². The molecule has 0 fully saturated rings. The van der Waals surface area contributed by atoms with E-state index in [0.717, 1.165) is 0 Å². The molecular formula is C11H13N. The van der Waals surface area contributed by atoms with Gasteiger partial charge in [0.25, 0.3) is 0 Å². The number of hydrogen-bond donors (Lipinski definition) is 1. The second-order valence-electron chi connectivity index (χ2n) is 2.43. The molecule has 0 spiro atoms. The molecule has 1 heteroatoms. The van der Waals surface area contributed by atoms with E-state index in [9.17, 15) is 0 Å². The highest BCUT2D eigenvalue weighted by Crippen LogP contribution is 2.00. The molecule has 62 valence electrons. The molecule has 0 aliphatic heterocycles. The van der Waals surface area contributed by atoms with Crippen LogP contribution in [0.15, 0.2) is 48.6 Å². The van der Waals surface area contributed by atoms with Crippen molar-refractivity contribution in [3.05, 3.63) is 54.1 Å². The lowest BCUT2D eigenvalue weighted by atomic mass is 10.2. The Labute approximate surface area is 73.2 Å². The Morgan fingerprint density at radius 2 is 1.83 bits per heavy atom. The van der Waals surface area contributed by atoms with Gasteiger partial charge >= 0.3 is 0 Å². The van der Waals surface area contributed by atoms with Crippen LogP contribution >= 0.6 is 0 Å². The van der Waals surface area contributed by atoms with Crippen molar-refractivity contribution in [2.45, 2.75) is 0 Å². The van der Waals surface area contributed by atoms with Crippen molar-refractivity contribution in [2.75, 3.05) is 6.54 Å². The van der Waals surface area contributed by atoms with Crippen LogP contribution in [0, 0.1) is 0 Å². The van der Waals surface area contributed by atoms with Gasteiger partial charge in [0.05, 0.1) is 0 Å². The van der Waals surface area contributed by atoms with E-state index in [2.05, 4.69) is 12.1 Å². The van der Waals surface area contributed by atoms with E-state index in [1.165, 1.54) is 5.56 Å². The van der Waals surface area contributed by atoms with Gasteiger partial charge in [0.2, 0.25) is 0 Å². The maximum atomic E-state index is 5.29. The molecule has 0 unspecified atom stereocenters. The van der Waals surface area contributed by atoms with Gasteiger partial charge in [-0.1, -0.05) is 54.6 Å². The van der Waals surface area contributed by atoms with Gasteiger partial charge < -0.3 is 5.73 Å². The number of allylic oxidation sites excluding steroid dienone is 2. The summed E-state index contributed by atoms with van der Waals surface area (Å²) in [7, 11) is 0. The van der Waals surface area contributed by atoms with Crippen molar-refractivity contribution in [1.82, 2.24) is 0 Å². The predicted octanol–water partition coefficient (Wildman–Crippen LogP) is 2.21. The first-order valence-electron chi connectivity index (χ1n) is 4.02. The second kappa shape index (κ2) is 5.33. The molecular weight excluding hydrogens is 146 g/mol. The van der Waals surface area contributed by atoms with Crippen molar-refractivity contribution in [3.63, 3.8) is 0 Å². The molecule has 0 saturated heterocycles. The van der Waals surface area contributed by atoms with E-state index in [1.54, 1.807) is 0 Å². The van der Waals surface area contributed by atoms with Crippen LogP contribution in [0.3, 0.4) is 0 Å². The molecule has 0 heterocycles. The van der Waals surface area contributed by atoms with Crippen LogP contribution in [0.25, 0.3) is 6.08 Å². The number of benzene rings is 1. The third-order valence-electron chi connectivity index (χ3n) is 1.47. The molecule has 1 rings (SSSR count). The monoisotopic (exact) mass is 159 g/mol. The molecule has 1 aromatic rings. The lowest BCUT2D eigenvalue weighted by Gasteiger charge is -1.88. The number of rotatable bonds is 3. The maximum Gasteiger partial charge on any atom is 0.0109 e. The van der Waals surface area contributed by atoms with Crippen LogP contribution in [0.4, 0.5) is 0 Å². The van der Waals surface area contributed by atoms with Crippen molar-refractivity contribution in [3.8, 4) is 0 Å². The van der Waals surface area contributed by atoms with Gasteiger partial charge in [-0.25, -0.2) is 0 Å². The van der Waals surface area contributed by atoms with E-state index in [1.807, 2.05) is 42.5 Å². The minimum atomic E-state index is 0.596. The molecule has 1 nitrogen and oxygen atoms in total. The molecule has 12 heavy (non-hydrogen) atoms. The maximum absolute atomic E-state index is 5.29. The summed E-state index contributed by atoms with van der Waals surface area (Å²) in [6.07, 6.45) is 7.90. The molecule has 2 N–H and O–H groups in total. The van der Waals surface area contributed by atoms with Crippen LogP contribution < -0.4 is 5.73 Å². The molecule has 0 aliphatic rings. The third kappa shape index (κ3) is 3.17. The van der Waals surface area contributed by atoms with E-state index in [-0.39, 0.29) is 0 Å². The summed E-state index contributed by atoms with van der Waals surface area (Å²) in [5.74, 6) is 0. The first-order valence-corrected chi connectivity index (χ1v) is 4.02. The summed E-state index contributed by atoms with van der Waals surface area (Å²) in [6.45, 7) is 0.596. The van der Waals surface area contributed by atoms with Gasteiger partial charge in [-0.15, -0.1) is 0 Å². The first-order chi connectivity index (χ1) is 5.93. The minimum absolute atomic E-state index is 0.596. The summed E-state index contributed by atoms with van der Waals surface area (Å²) in [5, 5.41) is 0. The summed E-state index contributed by atoms with van der Waals surface area (Å²) in [4.78, 5) is 0. The van der Waals surface area contributed by atoms with E-state index >= 15 is 0 Å². The fourth-order valence-corrected chi connectivity index (χ4v) is 0.888. The van der Waals surface area contributed by atoms with E-state index in [4.69, 9.17) is 5.73 Å². The number of hydrogen-bond acceptors (Lipinski definition) is 1. The first kappa shape index (κ1) is 8.75. The normalized spacial score (nSPS) is 11.4. The van der Waals surface area contributed by atoms with Gasteiger partial charge in [0.1, 0.15) is 0 Å². The quantitative estimate of drug-likeness (QED) is 0.672. The molecule has 0 aromatic heterocycles. The second-order valence-corrected chi connectivity index (χ2v) is 2.43. The third-order valence-corrected chi connectivity index (χ3v) is 1.47. The van der Waals surface area contributed by atoms with E-state index < -0.39 is 0 Å². The summed E-state index contributed by atoms with van der Waals surface area (Å²) >= 11 is 0. The topological polar surface area (TPSA) is 26.0 Å². The Kier molecular flexibility index (Phi) is 3.89. The van der Waals surface area contributed by atoms with Crippen molar-refractivity contribution < 1.29 is 0 Å². The zero-order chi connectivity index (χ0) is 8.65. The highest BCUT2D eigenvalue weighted by Gasteiger charge is 1.78. The summed E-state index contributed by atoms with van der Waals surface area (Å²) in [6, 6.07) is 10.2. The van der Waals surface area contributed by atoms with Gasteiger partial charge in [-0.3, -0.25) is 0 Å². The van der Waals surface area contributed by atoms with Crippen molar-refractivity contribution >= 4 is 6.08 Å². The smallest absolute Gasteiger partial charge is 0.0109 e. The van der Waals surface area contributed by atoms with E-state index in [0.29, 0.717) is 6.54 Å². The standard InChI is InChI=1S/C11H13N/c12-10-6-2-5-9-11-7-3-1-4-8-11/h1-9H,10,12H2. The van der Waals surface area contributed by atoms with Crippen LogP contribution in [0.5, 0.6) is 0 Å². The summed E-state index contributed by atoms with van der Waals surface area (Å²) in [5.41, 5.74) is 6.49. The fourth-order valence-electron chi connectivity index (χ4n) is 0.888. The van der Waals surface area contributed by atoms with Crippen LogP contribution in [-0.4, -0.2) is 6.54 Å². The predicted molar refractivity (Wildman–Crippen MR) is 53.7 cm³/mol. The van der Waals surface area contributed by atoms with Crippen LogP contribution in [0.2, 0.25) is 0 Å². The van der Waals surface area contributed by atoms with Crippen LogP contribution in [-0.2, 0) is 0 Å². The minimum Gasteiger partial charge on any atom is -0.327 e. The molecule has 0 radical (unpaired) electrons. The molecule has 0 bridgehead atoms. The Morgan fingerprint density at radius 1 is 1.08 bits per heavy atom. The fraction of sp³-hybridized carbons (Fsp3) is 0.0909. The average Bonchev–Trinajstić information content (AvgIpc) is 2.14. The molecule has 0 atom stereocenters. The van der Waals surface area contributed by atoms with Crippen LogP contribution in [0.1, 0.15) is 5.56 Å². The largest absolute Gasteiger partial charge is 0.327 e. The van der Waals surface area contributed by atoms with Gasteiger partial charge in [-0.2, -0.15) is 0 Å². The zero-order valence-corrected chi connectivity index (χ0v) is 6.98. The van der Waals surface area contributed by atoms with Gasteiger partial charge in [0, 0.05) is 6.54 Å². The highest BCUT2D eigenvalue weighted by atomic mass is 14.5. The zero-order valence-electron chi connectivity index (χ0n) is 6.98. The Hall–Kier alpha value is -1.34. The molecule has 1 aromatic carbocycles. The van der Waals surface area contributed by atoms with Gasteiger partial charge in [-0.05, 0) is 5.56 Å².